The van der Waals surface area contributed by atoms with Crippen LogP contribution in [0.5, 0.6) is 5.75 Å². The second-order valence-electron chi connectivity index (χ2n) is 5.37. The van der Waals surface area contributed by atoms with Gasteiger partial charge in [-0.1, -0.05) is 24.5 Å². The molecule has 1 aromatic carbocycles. The van der Waals surface area contributed by atoms with E-state index in [2.05, 4.69) is 5.32 Å². The van der Waals surface area contributed by atoms with E-state index in [-0.39, 0.29) is 17.5 Å². The van der Waals surface area contributed by atoms with E-state index in [1.165, 1.54) is 0 Å². The van der Waals surface area contributed by atoms with E-state index in [4.69, 9.17) is 4.74 Å². The number of ether oxygens (including phenoxy) is 1. The molecule has 1 aliphatic carbocycles. The number of nitrogens with one attached hydrogen (secondary N) is 1. The van der Waals surface area contributed by atoms with Crippen LogP contribution in [0.25, 0.3) is 6.08 Å². The highest BCUT2D eigenvalue weighted by molar-refractivity contribution is 6.02. The van der Waals surface area contributed by atoms with Crippen LogP contribution in [-0.2, 0) is 4.79 Å². The Morgan fingerprint density at radius 3 is 2.76 bits per heavy atom. The zero-order valence-corrected chi connectivity index (χ0v) is 12.5. The predicted octanol–water partition coefficient (Wildman–Crippen LogP) is 2.97. The number of hydrogen-bond donors (Lipinski definition) is 1. The molecule has 2 rings (SSSR count). The van der Waals surface area contributed by atoms with Crippen LogP contribution in [0.2, 0.25) is 0 Å². The molecule has 4 nitrogen and oxygen atoms in total. The Balaban J connectivity index is 2.21. The first-order valence-electron chi connectivity index (χ1n) is 7.21. The Kier molecular flexibility index (Phi) is 4.99. The number of carbonyl (C=O) groups excluding carboxylic acids is 1. The monoisotopic (exact) mass is 284 g/mol. The quantitative estimate of drug-likeness (QED) is 0.683. The second-order valence-corrected chi connectivity index (χ2v) is 5.37. The normalized spacial score (nSPS) is 15.6. The van der Waals surface area contributed by atoms with E-state index >= 15 is 0 Å². The molecule has 1 N–H and O–H groups in total. The smallest absolute Gasteiger partial charge is 0.262 e. The van der Waals surface area contributed by atoms with Crippen LogP contribution in [0.4, 0.5) is 0 Å². The van der Waals surface area contributed by atoms with Gasteiger partial charge in [0.1, 0.15) is 17.4 Å². The molecule has 4 heteroatoms. The number of nitrogens with zero attached hydrogens (tertiary/aromatic N) is 1. The molecular weight excluding hydrogens is 264 g/mol. The Bertz CT molecular complexity index is 593. The summed E-state index contributed by atoms with van der Waals surface area (Å²) < 4.78 is 5.27. The van der Waals surface area contributed by atoms with Crippen molar-refractivity contribution in [1.29, 1.82) is 5.26 Å². The number of rotatable bonds is 4. The molecular formula is C17H20N2O2. The van der Waals surface area contributed by atoms with Crippen LogP contribution in [0.1, 0.15) is 36.8 Å². The third-order valence-corrected chi connectivity index (χ3v) is 3.74. The number of hydrogen-bond acceptors (Lipinski definition) is 3. The van der Waals surface area contributed by atoms with E-state index in [0.29, 0.717) is 5.75 Å². The van der Waals surface area contributed by atoms with Gasteiger partial charge in [-0.2, -0.15) is 5.26 Å². The fraction of sp³-hybridized carbons (Fsp3) is 0.412. The average Bonchev–Trinajstić information content (AvgIpc) is 2.97. The molecule has 0 spiro atoms. The molecule has 1 aromatic rings. The van der Waals surface area contributed by atoms with Crippen molar-refractivity contribution in [3.63, 3.8) is 0 Å². The second kappa shape index (κ2) is 6.94. The summed E-state index contributed by atoms with van der Waals surface area (Å²) in [4.78, 5) is 12.2. The van der Waals surface area contributed by atoms with E-state index in [9.17, 15) is 10.1 Å². The van der Waals surface area contributed by atoms with Crippen LogP contribution >= 0.6 is 0 Å². The maximum absolute atomic E-state index is 12.2. The molecule has 1 aliphatic rings. The van der Waals surface area contributed by atoms with Gasteiger partial charge in [-0.15, -0.1) is 0 Å². The minimum absolute atomic E-state index is 0.116. The number of methoxy groups -OCH3 is 1. The lowest BCUT2D eigenvalue weighted by Crippen LogP contribution is -2.33. The van der Waals surface area contributed by atoms with E-state index in [0.717, 1.165) is 36.8 Å². The van der Waals surface area contributed by atoms with Crippen molar-refractivity contribution >= 4 is 12.0 Å². The van der Waals surface area contributed by atoms with Crippen molar-refractivity contribution in [1.82, 2.24) is 5.32 Å². The molecule has 1 saturated carbocycles. The first kappa shape index (κ1) is 15.1. The standard InChI is InChI=1S/C17H20N2O2/c1-12-7-8-16(21-2)13(9-12)10-14(11-18)17(20)19-15-5-3-4-6-15/h7-10,15H,3-6H2,1-2H3,(H,19,20)/b14-10+. The SMILES string of the molecule is COc1ccc(C)cc1/C=C(\C#N)C(=O)NC1CCCC1. The maximum atomic E-state index is 12.2. The van der Waals surface area contributed by atoms with Gasteiger partial charge in [-0.25, -0.2) is 0 Å². The zero-order valence-electron chi connectivity index (χ0n) is 12.5. The fourth-order valence-electron chi connectivity index (χ4n) is 2.60. The van der Waals surface area contributed by atoms with Crippen molar-refractivity contribution in [3.8, 4) is 11.8 Å². The Morgan fingerprint density at radius 2 is 2.14 bits per heavy atom. The number of amides is 1. The van der Waals surface area contributed by atoms with Crippen LogP contribution in [0, 0.1) is 18.3 Å². The summed E-state index contributed by atoms with van der Waals surface area (Å²) in [6.07, 6.45) is 5.87. The number of benzene rings is 1. The van der Waals surface area contributed by atoms with Crippen molar-refractivity contribution in [3.05, 3.63) is 34.9 Å². The van der Waals surface area contributed by atoms with Gasteiger partial charge >= 0.3 is 0 Å². The molecule has 110 valence electrons. The van der Waals surface area contributed by atoms with Gasteiger partial charge in [0, 0.05) is 11.6 Å². The van der Waals surface area contributed by atoms with Gasteiger partial charge in [0.15, 0.2) is 0 Å². The van der Waals surface area contributed by atoms with Gasteiger partial charge in [0.05, 0.1) is 7.11 Å². The molecule has 0 unspecified atom stereocenters. The van der Waals surface area contributed by atoms with Gasteiger partial charge in [-0.05, 0) is 38.0 Å². The first-order chi connectivity index (χ1) is 10.1. The van der Waals surface area contributed by atoms with E-state index in [1.54, 1.807) is 13.2 Å². The fourth-order valence-corrected chi connectivity index (χ4v) is 2.60. The zero-order chi connectivity index (χ0) is 15.2. The molecule has 1 amide bonds. The maximum Gasteiger partial charge on any atom is 0.262 e. The summed E-state index contributed by atoms with van der Waals surface area (Å²) in [5.74, 6) is 0.356. The molecule has 0 atom stereocenters. The number of aryl methyl sites for hydroxylation is 1. The number of carbonyl (C=O) groups is 1. The average molecular weight is 284 g/mol. The third kappa shape index (κ3) is 3.85. The predicted molar refractivity (Wildman–Crippen MR) is 81.7 cm³/mol. The van der Waals surface area contributed by atoms with Crippen LogP contribution < -0.4 is 10.1 Å². The van der Waals surface area contributed by atoms with Crippen molar-refractivity contribution in [2.24, 2.45) is 0 Å². The number of nitriles is 1. The minimum atomic E-state index is -0.298. The van der Waals surface area contributed by atoms with Crippen molar-refractivity contribution in [2.75, 3.05) is 7.11 Å². The van der Waals surface area contributed by atoms with Gasteiger partial charge in [0.25, 0.3) is 5.91 Å². The summed E-state index contributed by atoms with van der Waals surface area (Å²) in [6, 6.07) is 7.86. The van der Waals surface area contributed by atoms with Gasteiger partial charge in [-0.3, -0.25) is 4.79 Å². The molecule has 1 fully saturated rings. The highest BCUT2D eigenvalue weighted by Gasteiger charge is 2.19. The largest absolute Gasteiger partial charge is 0.496 e. The highest BCUT2D eigenvalue weighted by atomic mass is 16.5. The van der Waals surface area contributed by atoms with Crippen molar-refractivity contribution in [2.45, 2.75) is 38.6 Å². The van der Waals surface area contributed by atoms with Crippen LogP contribution in [-0.4, -0.2) is 19.1 Å². The van der Waals surface area contributed by atoms with Crippen LogP contribution in [0.15, 0.2) is 23.8 Å². The first-order valence-corrected chi connectivity index (χ1v) is 7.21. The lowest BCUT2D eigenvalue weighted by Gasteiger charge is -2.11. The lowest BCUT2D eigenvalue weighted by atomic mass is 10.1. The van der Waals surface area contributed by atoms with E-state index < -0.39 is 0 Å². The molecule has 0 aliphatic heterocycles. The molecule has 0 heterocycles. The summed E-state index contributed by atoms with van der Waals surface area (Å²) >= 11 is 0. The molecule has 21 heavy (non-hydrogen) atoms. The topological polar surface area (TPSA) is 62.1 Å². The van der Waals surface area contributed by atoms with Gasteiger partial charge < -0.3 is 10.1 Å². The van der Waals surface area contributed by atoms with Crippen LogP contribution in [0.3, 0.4) is 0 Å². The highest BCUT2D eigenvalue weighted by Crippen LogP contribution is 2.23. The third-order valence-electron chi connectivity index (χ3n) is 3.74. The summed E-state index contributed by atoms with van der Waals surface area (Å²) in [7, 11) is 1.58. The van der Waals surface area contributed by atoms with Gasteiger partial charge in [0.2, 0.25) is 0 Å². The Morgan fingerprint density at radius 1 is 1.43 bits per heavy atom. The summed E-state index contributed by atoms with van der Waals surface area (Å²) in [5, 5.41) is 12.2. The molecule has 0 bridgehead atoms. The Hall–Kier alpha value is -2.28. The lowest BCUT2D eigenvalue weighted by molar-refractivity contribution is -0.117. The minimum Gasteiger partial charge on any atom is -0.496 e. The summed E-state index contributed by atoms with van der Waals surface area (Å²) in [5.41, 5.74) is 1.91. The summed E-state index contributed by atoms with van der Waals surface area (Å²) in [6.45, 7) is 1.96. The van der Waals surface area contributed by atoms with E-state index in [1.807, 2.05) is 31.2 Å². The molecule has 0 saturated heterocycles. The Labute approximate surface area is 125 Å². The molecule has 0 aromatic heterocycles. The molecule has 0 radical (unpaired) electrons. The van der Waals surface area contributed by atoms with Crippen molar-refractivity contribution < 1.29 is 9.53 Å².